The van der Waals surface area contributed by atoms with Crippen LogP contribution in [0.25, 0.3) is 0 Å². The molecule has 0 atom stereocenters. The van der Waals surface area contributed by atoms with Crippen LogP contribution in [-0.4, -0.2) is 22.3 Å². The van der Waals surface area contributed by atoms with Crippen molar-refractivity contribution in [2.45, 2.75) is 0 Å². The molecule has 18 heavy (non-hydrogen) atoms. The zero-order chi connectivity index (χ0) is 13.1. The minimum atomic E-state index is -0.381. The summed E-state index contributed by atoms with van der Waals surface area (Å²) < 4.78 is 0. The molecule has 0 aromatic heterocycles. The van der Waals surface area contributed by atoms with E-state index in [0.717, 1.165) is 0 Å². The molecule has 0 saturated heterocycles. The maximum absolute atomic E-state index is 12.1. The van der Waals surface area contributed by atoms with Gasteiger partial charge in [-0.1, -0.05) is 0 Å². The van der Waals surface area contributed by atoms with E-state index in [9.17, 15) is 14.7 Å². The molecule has 4 heteroatoms. The quantitative estimate of drug-likeness (QED) is 0.638. The molecule has 0 amide bonds. The minimum Gasteiger partial charge on any atom is -0.508 e. The first kappa shape index (κ1) is 11.9. The van der Waals surface area contributed by atoms with Crippen LogP contribution in [0.5, 0.6) is 11.5 Å². The normalized spacial score (nSPS) is 10.0. The molecule has 90 valence electrons. The maximum Gasteiger partial charge on any atom is 0.193 e. The Morgan fingerprint density at radius 2 is 1.56 bits per heavy atom. The van der Waals surface area contributed by atoms with Gasteiger partial charge in [-0.3, -0.25) is 9.59 Å². The molecule has 0 aliphatic rings. The number of aromatic hydroxyl groups is 2. The first-order valence-electron chi connectivity index (χ1n) is 5.24. The molecular weight excluding hydrogens is 232 g/mol. The third kappa shape index (κ3) is 2.22. The second-order valence-electron chi connectivity index (χ2n) is 3.77. The van der Waals surface area contributed by atoms with Crippen LogP contribution in [0.4, 0.5) is 0 Å². The minimum absolute atomic E-state index is 0.0538. The van der Waals surface area contributed by atoms with Gasteiger partial charge in [0.1, 0.15) is 11.5 Å². The summed E-state index contributed by atoms with van der Waals surface area (Å²) in [6.45, 7) is 0. The summed E-state index contributed by atoms with van der Waals surface area (Å²) in [6.07, 6.45) is 0.563. The molecule has 2 rings (SSSR count). The predicted octanol–water partition coefficient (Wildman–Crippen LogP) is 2.14. The highest BCUT2D eigenvalue weighted by molar-refractivity contribution is 6.13. The summed E-state index contributed by atoms with van der Waals surface area (Å²) in [5, 5.41) is 18.5. The lowest BCUT2D eigenvalue weighted by Crippen LogP contribution is -2.04. The van der Waals surface area contributed by atoms with Crippen molar-refractivity contribution in [3.05, 3.63) is 59.2 Å². The second-order valence-corrected chi connectivity index (χ2v) is 3.77. The van der Waals surface area contributed by atoms with E-state index in [-0.39, 0.29) is 28.4 Å². The fourth-order valence-electron chi connectivity index (χ4n) is 1.61. The van der Waals surface area contributed by atoms with Crippen molar-refractivity contribution < 1.29 is 19.8 Å². The number of hydrogen-bond donors (Lipinski definition) is 2. The number of phenolic OH excluding ortho intramolecular Hbond substituents is 2. The van der Waals surface area contributed by atoms with Crippen molar-refractivity contribution in [3.8, 4) is 11.5 Å². The zero-order valence-corrected chi connectivity index (χ0v) is 9.33. The molecule has 0 spiro atoms. The summed E-state index contributed by atoms with van der Waals surface area (Å²) in [4.78, 5) is 23.0. The smallest absolute Gasteiger partial charge is 0.193 e. The zero-order valence-electron chi connectivity index (χ0n) is 9.33. The summed E-state index contributed by atoms with van der Waals surface area (Å²) in [5.74, 6) is -0.409. The molecule has 0 radical (unpaired) electrons. The average Bonchev–Trinajstić information content (AvgIpc) is 2.39. The lowest BCUT2D eigenvalue weighted by molar-refractivity contribution is 0.102. The van der Waals surface area contributed by atoms with Crippen molar-refractivity contribution in [2.75, 3.05) is 0 Å². The van der Waals surface area contributed by atoms with Crippen LogP contribution in [-0.2, 0) is 0 Å². The number of carbonyl (C=O) groups is 2. The molecule has 0 aliphatic heterocycles. The van der Waals surface area contributed by atoms with E-state index in [1.165, 1.54) is 42.5 Å². The van der Waals surface area contributed by atoms with Crippen LogP contribution in [0.2, 0.25) is 0 Å². The van der Waals surface area contributed by atoms with Gasteiger partial charge >= 0.3 is 0 Å². The summed E-state index contributed by atoms with van der Waals surface area (Å²) >= 11 is 0. The number of phenols is 2. The Balaban J connectivity index is 2.48. The molecule has 2 aromatic rings. The Labute approximate surface area is 103 Å². The van der Waals surface area contributed by atoms with E-state index in [4.69, 9.17) is 5.11 Å². The van der Waals surface area contributed by atoms with Gasteiger partial charge in [0, 0.05) is 16.7 Å². The highest BCUT2D eigenvalue weighted by Crippen LogP contribution is 2.20. The molecule has 2 aromatic carbocycles. The van der Waals surface area contributed by atoms with Gasteiger partial charge in [0.05, 0.1) is 0 Å². The van der Waals surface area contributed by atoms with E-state index < -0.39 is 0 Å². The number of carbonyl (C=O) groups excluding carboxylic acids is 2. The molecule has 0 heterocycles. The van der Waals surface area contributed by atoms with Crippen molar-refractivity contribution >= 4 is 12.1 Å². The molecule has 4 nitrogen and oxygen atoms in total. The Morgan fingerprint density at radius 1 is 0.944 bits per heavy atom. The fourth-order valence-corrected chi connectivity index (χ4v) is 1.61. The van der Waals surface area contributed by atoms with Crippen molar-refractivity contribution in [3.63, 3.8) is 0 Å². The molecule has 0 fully saturated rings. The Hall–Kier alpha value is -2.62. The van der Waals surface area contributed by atoms with Crippen LogP contribution >= 0.6 is 0 Å². The standard InChI is InChI=1S/C14H10O4/c15-8-10-3-6-12(17)7-13(10)14(18)9-1-4-11(16)5-2-9/h1-8,16-17H. The van der Waals surface area contributed by atoms with E-state index in [1.807, 2.05) is 0 Å². The second kappa shape index (κ2) is 4.71. The van der Waals surface area contributed by atoms with Gasteiger partial charge in [-0.25, -0.2) is 0 Å². The van der Waals surface area contributed by atoms with Crippen LogP contribution in [0, 0.1) is 0 Å². The lowest BCUT2D eigenvalue weighted by Gasteiger charge is -2.05. The third-order valence-corrected chi connectivity index (χ3v) is 2.54. The number of ketones is 1. The van der Waals surface area contributed by atoms with Gasteiger partial charge in [0.2, 0.25) is 0 Å². The van der Waals surface area contributed by atoms with E-state index in [0.29, 0.717) is 11.8 Å². The van der Waals surface area contributed by atoms with Gasteiger partial charge in [-0.2, -0.15) is 0 Å². The molecule has 0 saturated carbocycles. The van der Waals surface area contributed by atoms with E-state index in [1.54, 1.807) is 0 Å². The number of aldehydes is 1. The monoisotopic (exact) mass is 242 g/mol. The number of rotatable bonds is 3. The van der Waals surface area contributed by atoms with E-state index in [2.05, 4.69) is 0 Å². The van der Waals surface area contributed by atoms with Gasteiger partial charge in [-0.15, -0.1) is 0 Å². The lowest BCUT2D eigenvalue weighted by atomic mass is 9.98. The van der Waals surface area contributed by atoms with Gasteiger partial charge in [-0.05, 0) is 42.5 Å². The van der Waals surface area contributed by atoms with Crippen molar-refractivity contribution in [2.24, 2.45) is 0 Å². The Kier molecular flexibility index (Phi) is 3.10. The third-order valence-electron chi connectivity index (χ3n) is 2.54. The summed E-state index contributed by atoms with van der Waals surface area (Å²) in [6, 6.07) is 9.66. The molecule has 0 unspecified atom stereocenters. The van der Waals surface area contributed by atoms with Gasteiger partial charge in [0.15, 0.2) is 12.1 Å². The molecule has 2 N–H and O–H groups in total. The summed E-state index contributed by atoms with van der Waals surface area (Å²) in [5.41, 5.74) is 0.683. The van der Waals surface area contributed by atoms with Crippen LogP contribution in [0.1, 0.15) is 26.3 Å². The largest absolute Gasteiger partial charge is 0.508 e. The SMILES string of the molecule is O=Cc1ccc(O)cc1C(=O)c1ccc(O)cc1. The molecule has 0 aliphatic carbocycles. The van der Waals surface area contributed by atoms with Crippen molar-refractivity contribution in [1.29, 1.82) is 0 Å². The predicted molar refractivity (Wildman–Crippen MR) is 65.0 cm³/mol. The van der Waals surface area contributed by atoms with Crippen LogP contribution in [0.3, 0.4) is 0 Å². The number of benzene rings is 2. The Morgan fingerprint density at radius 3 is 2.17 bits per heavy atom. The fraction of sp³-hybridized carbons (Fsp3) is 0. The van der Waals surface area contributed by atoms with Crippen molar-refractivity contribution in [1.82, 2.24) is 0 Å². The first-order valence-corrected chi connectivity index (χ1v) is 5.24. The van der Waals surface area contributed by atoms with E-state index >= 15 is 0 Å². The van der Waals surface area contributed by atoms with Gasteiger partial charge < -0.3 is 10.2 Å². The first-order chi connectivity index (χ1) is 8.61. The molecule has 0 bridgehead atoms. The maximum atomic E-state index is 12.1. The number of hydrogen-bond acceptors (Lipinski definition) is 4. The van der Waals surface area contributed by atoms with Gasteiger partial charge in [0.25, 0.3) is 0 Å². The molecular formula is C14H10O4. The topological polar surface area (TPSA) is 74.6 Å². The Bertz CT molecular complexity index is 600. The highest BCUT2D eigenvalue weighted by Gasteiger charge is 2.14. The van der Waals surface area contributed by atoms with Crippen LogP contribution < -0.4 is 0 Å². The summed E-state index contributed by atoms with van der Waals surface area (Å²) in [7, 11) is 0. The highest BCUT2D eigenvalue weighted by atomic mass is 16.3. The van der Waals surface area contributed by atoms with Crippen LogP contribution in [0.15, 0.2) is 42.5 Å². The average molecular weight is 242 g/mol.